The quantitative estimate of drug-likeness (QED) is 0.853. The Morgan fingerprint density at radius 1 is 1.39 bits per heavy atom. The van der Waals surface area contributed by atoms with Crippen LogP contribution in [-0.2, 0) is 21.1 Å². The highest BCUT2D eigenvalue weighted by atomic mass is 32.2. The van der Waals surface area contributed by atoms with Gasteiger partial charge in [0.1, 0.15) is 0 Å². The molecule has 0 atom stereocenters. The summed E-state index contributed by atoms with van der Waals surface area (Å²) in [6, 6.07) is 4.85. The average molecular weight is 268 g/mol. The monoisotopic (exact) mass is 268 g/mol. The lowest BCUT2D eigenvalue weighted by atomic mass is 10.2. The molecule has 2 N–H and O–H groups in total. The summed E-state index contributed by atoms with van der Waals surface area (Å²) in [4.78, 5) is 13.3. The van der Waals surface area contributed by atoms with E-state index in [1.807, 2.05) is 0 Å². The zero-order valence-electron chi connectivity index (χ0n) is 10.2. The van der Waals surface area contributed by atoms with E-state index in [0.717, 1.165) is 11.3 Å². The topological polar surface area (TPSA) is 80.5 Å². The van der Waals surface area contributed by atoms with Crippen LogP contribution < -0.4 is 10.6 Å². The van der Waals surface area contributed by atoms with E-state index in [1.165, 1.54) is 0 Å². The van der Waals surface area contributed by atoms with Crippen LogP contribution in [0, 0.1) is 0 Å². The summed E-state index contributed by atoms with van der Waals surface area (Å²) in [7, 11) is -1.60. The predicted octanol–water partition coefficient (Wildman–Crippen LogP) is 0.328. The van der Waals surface area contributed by atoms with Gasteiger partial charge < -0.3 is 10.6 Å². The molecule has 5 nitrogen and oxygen atoms in total. The summed E-state index contributed by atoms with van der Waals surface area (Å²) < 4.78 is 24.0. The predicted molar refractivity (Wildman–Crippen MR) is 69.3 cm³/mol. The normalized spacial score (nSPS) is 15.0. The molecule has 0 aliphatic carbocycles. The van der Waals surface area contributed by atoms with Gasteiger partial charge in [0.25, 0.3) is 0 Å². The van der Waals surface area contributed by atoms with Crippen LogP contribution in [-0.4, -0.2) is 33.7 Å². The van der Waals surface area contributed by atoms with Crippen molar-refractivity contribution in [3.8, 4) is 0 Å². The van der Waals surface area contributed by atoms with Crippen molar-refractivity contribution in [2.75, 3.05) is 24.2 Å². The zero-order chi connectivity index (χ0) is 13.3. The molecule has 0 aromatic heterocycles. The smallest absolute Gasteiger partial charge is 0.231 e. The van der Waals surface area contributed by atoms with Gasteiger partial charge in [-0.2, -0.15) is 0 Å². The molecule has 1 aliphatic heterocycles. The van der Waals surface area contributed by atoms with Crippen molar-refractivity contribution >= 4 is 21.4 Å². The highest BCUT2D eigenvalue weighted by Gasteiger charge is 2.25. The van der Waals surface area contributed by atoms with Gasteiger partial charge in [0.05, 0.1) is 17.1 Å². The second-order valence-corrected chi connectivity index (χ2v) is 6.49. The van der Waals surface area contributed by atoms with Gasteiger partial charge in [0.15, 0.2) is 9.84 Å². The number of benzene rings is 1. The molecular weight excluding hydrogens is 252 g/mol. The maximum Gasteiger partial charge on any atom is 0.231 e. The van der Waals surface area contributed by atoms with Crippen LogP contribution in [0.1, 0.15) is 12.0 Å². The number of nitrogens with two attached hydrogens (primary N) is 1. The van der Waals surface area contributed by atoms with E-state index >= 15 is 0 Å². The summed E-state index contributed by atoms with van der Waals surface area (Å²) >= 11 is 0. The minimum atomic E-state index is -3.29. The number of anilines is 1. The van der Waals surface area contributed by atoms with Crippen molar-refractivity contribution in [1.29, 1.82) is 0 Å². The molecule has 1 aromatic rings. The lowest BCUT2D eigenvalue weighted by Crippen LogP contribution is -2.20. The van der Waals surface area contributed by atoms with Crippen LogP contribution >= 0.6 is 0 Å². The van der Waals surface area contributed by atoms with E-state index in [9.17, 15) is 13.2 Å². The molecule has 1 aliphatic rings. The second-order valence-electron chi connectivity index (χ2n) is 4.38. The minimum absolute atomic E-state index is 0.0125. The van der Waals surface area contributed by atoms with E-state index in [1.54, 1.807) is 30.1 Å². The molecule has 1 heterocycles. The largest absolute Gasteiger partial charge is 0.330 e. The first kappa shape index (κ1) is 13.0. The Morgan fingerprint density at radius 2 is 2.11 bits per heavy atom. The third-order valence-electron chi connectivity index (χ3n) is 3.10. The minimum Gasteiger partial charge on any atom is -0.330 e. The van der Waals surface area contributed by atoms with Crippen LogP contribution in [0.15, 0.2) is 23.1 Å². The van der Waals surface area contributed by atoms with E-state index in [4.69, 9.17) is 5.73 Å². The van der Waals surface area contributed by atoms with Gasteiger partial charge in [0, 0.05) is 12.7 Å². The SMILES string of the molecule is CN1C(=O)Cc2cc(S(=O)(=O)CCCN)ccc21. The van der Waals surface area contributed by atoms with Crippen LogP contribution in [0.5, 0.6) is 0 Å². The molecule has 1 aromatic carbocycles. The molecular formula is C12H16N2O3S. The van der Waals surface area contributed by atoms with Crippen LogP contribution in [0.4, 0.5) is 5.69 Å². The number of likely N-dealkylation sites (N-methyl/N-ethyl adjacent to an activating group) is 1. The molecule has 0 spiro atoms. The Kier molecular flexibility index (Phi) is 3.41. The van der Waals surface area contributed by atoms with Gasteiger partial charge in [-0.25, -0.2) is 8.42 Å². The van der Waals surface area contributed by atoms with Crippen molar-refractivity contribution in [2.45, 2.75) is 17.7 Å². The van der Waals surface area contributed by atoms with Crippen LogP contribution in [0.3, 0.4) is 0 Å². The van der Waals surface area contributed by atoms with Gasteiger partial charge in [-0.3, -0.25) is 4.79 Å². The average Bonchev–Trinajstić information content (AvgIpc) is 2.62. The summed E-state index contributed by atoms with van der Waals surface area (Å²) in [5, 5.41) is 0. The summed E-state index contributed by atoms with van der Waals surface area (Å²) in [6.07, 6.45) is 0.713. The molecule has 0 fully saturated rings. The number of fused-ring (bicyclic) bond motifs is 1. The van der Waals surface area contributed by atoms with Gasteiger partial charge in [-0.15, -0.1) is 0 Å². The molecule has 0 unspecified atom stereocenters. The molecule has 6 heteroatoms. The van der Waals surface area contributed by atoms with E-state index in [2.05, 4.69) is 0 Å². The summed E-state index contributed by atoms with van der Waals surface area (Å²) in [6.45, 7) is 0.353. The fraction of sp³-hybridized carbons (Fsp3) is 0.417. The van der Waals surface area contributed by atoms with Gasteiger partial charge in [-0.05, 0) is 36.7 Å². The highest BCUT2D eigenvalue weighted by molar-refractivity contribution is 7.91. The van der Waals surface area contributed by atoms with E-state index < -0.39 is 9.84 Å². The lowest BCUT2D eigenvalue weighted by Gasteiger charge is -2.10. The van der Waals surface area contributed by atoms with Gasteiger partial charge >= 0.3 is 0 Å². The van der Waals surface area contributed by atoms with Crippen LogP contribution in [0.25, 0.3) is 0 Å². The first-order chi connectivity index (χ1) is 8.45. The fourth-order valence-electron chi connectivity index (χ4n) is 2.03. The summed E-state index contributed by atoms with van der Waals surface area (Å²) in [5.74, 6) is 0.0352. The van der Waals surface area contributed by atoms with Crippen molar-refractivity contribution in [3.63, 3.8) is 0 Å². The molecule has 2 rings (SSSR count). The lowest BCUT2D eigenvalue weighted by molar-refractivity contribution is -0.117. The number of amides is 1. The number of hydrogen-bond acceptors (Lipinski definition) is 4. The molecule has 98 valence electrons. The molecule has 18 heavy (non-hydrogen) atoms. The van der Waals surface area contributed by atoms with Crippen molar-refractivity contribution < 1.29 is 13.2 Å². The Labute approximate surface area is 107 Å². The number of carbonyl (C=O) groups excluding carboxylic acids is 1. The third-order valence-corrected chi connectivity index (χ3v) is 4.90. The van der Waals surface area contributed by atoms with Gasteiger partial charge in [-0.1, -0.05) is 0 Å². The summed E-state index contributed by atoms with van der Waals surface area (Å²) in [5.41, 5.74) is 6.89. The Morgan fingerprint density at radius 3 is 2.78 bits per heavy atom. The van der Waals surface area contributed by atoms with E-state index in [-0.39, 0.29) is 23.0 Å². The third kappa shape index (κ3) is 2.26. The van der Waals surface area contributed by atoms with Gasteiger partial charge in [0.2, 0.25) is 5.91 Å². The number of hydrogen-bond donors (Lipinski definition) is 1. The first-order valence-corrected chi connectivity index (χ1v) is 7.43. The first-order valence-electron chi connectivity index (χ1n) is 5.78. The maximum absolute atomic E-state index is 12.0. The zero-order valence-corrected chi connectivity index (χ0v) is 11.0. The number of nitrogens with zero attached hydrogens (tertiary/aromatic N) is 1. The Balaban J connectivity index is 2.34. The fourth-order valence-corrected chi connectivity index (χ4v) is 3.41. The van der Waals surface area contributed by atoms with Crippen molar-refractivity contribution in [1.82, 2.24) is 0 Å². The van der Waals surface area contributed by atoms with Crippen molar-refractivity contribution in [3.05, 3.63) is 23.8 Å². The van der Waals surface area contributed by atoms with E-state index in [0.29, 0.717) is 13.0 Å². The molecule has 0 bridgehead atoms. The number of rotatable bonds is 4. The van der Waals surface area contributed by atoms with Crippen molar-refractivity contribution in [2.24, 2.45) is 5.73 Å². The number of carbonyl (C=O) groups is 1. The Bertz CT molecular complexity index is 581. The Hall–Kier alpha value is -1.40. The molecule has 0 saturated heterocycles. The standard InChI is InChI=1S/C12H16N2O3S/c1-14-11-4-3-10(7-9(11)8-12(14)15)18(16,17)6-2-5-13/h3-4,7H,2,5-6,8,13H2,1H3. The second kappa shape index (κ2) is 4.70. The highest BCUT2D eigenvalue weighted by Crippen LogP contribution is 2.30. The number of sulfone groups is 1. The molecule has 1 amide bonds. The van der Waals surface area contributed by atoms with Crippen LogP contribution in [0.2, 0.25) is 0 Å². The molecule has 0 radical (unpaired) electrons. The maximum atomic E-state index is 12.0. The molecule has 0 saturated carbocycles.